The first kappa shape index (κ1) is 12.2. The Morgan fingerprint density at radius 3 is 3.00 bits per heavy atom. The first-order chi connectivity index (χ1) is 8.31. The number of rotatable bonds is 6. The van der Waals surface area contributed by atoms with Gasteiger partial charge in [0.05, 0.1) is 0 Å². The van der Waals surface area contributed by atoms with E-state index in [0.29, 0.717) is 0 Å². The van der Waals surface area contributed by atoms with Crippen molar-refractivity contribution in [2.45, 2.75) is 58.4 Å². The Hall–Kier alpha value is -1.25. The highest BCUT2D eigenvalue weighted by Gasteiger charge is 2.08. The van der Waals surface area contributed by atoms with Gasteiger partial charge >= 0.3 is 5.69 Å². The predicted molar refractivity (Wildman–Crippen MR) is 70.2 cm³/mol. The van der Waals surface area contributed by atoms with Gasteiger partial charge in [-0.2, -0.15) is 0 Å². The van der Waals surface area contributed by atoms with Gasteiger partial charge in [0.2, 0.25) is 0 Å². The standard InChI is InChI=1S/C14H22N2O/c1-2-3-8-13-11-15-14(17)16(13)10-9-12-6-4-5-7-12/h6,11H,2-5,7-10H2,1H3,(H,15,17). The van der Waals surface area contributed by atoms with Crippen LogP contribution in [0.1, 0.15) is 51.1 Å². The van der Waals surface area contributed by atoms with Crippen molar-refractivity contribution in [2.24, 2.45) is 0 Å². The van der Waals surface area contributed by atoms with E-state index in [2.05, 4.69) is 18.0 Å². The van der Waals surface area contributed by atoms with Gasteiger partial charge in [0, 0.05) is 18.4 Å². The fourth-order valence-corrected chi connectivity index (χ4v) is 2.46. The fraction of sp³-hybridized carbons (Fsp3) is 0.643. The Morgan fingerprint density at radius 1 is 1.41 bits per heavy atom. The summed E-state index contributed by atoms with van der Waals surface area (Å²) in [7, 11) is 0. The molecule has 1 aromatic rings. The van der Waals surface area contributed by atoms with Gasteiger partial charge in [0.15, 0.2) is 0 Å². The van der Waals surface area contributed by atoms with Crippen LogP contribution < -0.4 is 5.69 Å². The number of hydrogen-bond donors (Lipinski definition) is 1. The van der Waals surface area contributed by atoms with E-state index in [1.54, 1.807) is 0 Å². The molecule has 3 heteroatoms. The Kier molecular flexibility index (Phi) is 4.24. The van der Waals surface area contributed by atoms with Gasteiger partial charge in [-0.1, -0.05) is 25.0 Å². The summed E-state index contributed by atoms with van der Waals surface area (Å²) in [5.74, 6) is 0. The molecule has 1 aliphatic rings. The van der Waals surface area contributed by atoms with Gasteiger partial charge < -0.3 is 4.98 Å². The molecule has 0 bridgehead atoms. The topological polar surface area (TPSA) is 37.8 Å². The van der Waals surface area contributed by atoms with Crippen molar-refractivity contribution in [1.82, 2.24) is 9.55 Å². The largest absolute Gasteiger partial charge is 0.325 e. The lowest BCUT2D eigenvalue weighted by Gasteiger charge is -2.07. The van der Waals surface area contributed by atoms with E-state index < -0.39 is 0 Å². The Labute approximate surface area is 103 Å². The van der Waals surface area contributed by atoms with Crippen LogP contribution in [-0.4, -0.2) is 9.55 Å². The molecule has 1 aliphatic carbocycles. The van der Waals surface area contributed by atoms with E-state index >= 15 is 0 Å². The molecule has 1 heterocycles. The summed E-state index contributed by atoms with van der Waals surface area (Å²) in [5, 5.41) is 0. The van der Waals surface area contributed by atoms with Crippen LogP contribution in [0.15, 0.2) is 22.6 Å². The molecule has 0 unspecified atom stereocenters. The monoisotopic (exact) mass is 234 g/mol. The number of H-pyrrole nitrogens is 1. The number of unbranched alkanes of at least 4 members (excludes halogenated alkanes) is 1. The molecule has 0 saturated carbocycles. The molecule has 0 radical (unpaired) electrons. The molecule has 0 atom stereocenters. The molecule has 0 amide bonds. The second-order valence-electron chi connectivity index (χ2n) is 4.84. The minimum absolute atomic E-state index is 0.0506. The maximum atomic E-state index is 11.7. The molecule has 1 aromatic heterocycles. The van der Waals surface area contributed by atoms with Crippen LogP contribution in [-0.2, 0) is 13.0 Å². The fourth-order valence-electron chi connectivity index (χ4n) is 2.46. The van der Waals surface area contributed by atoms with Crippen molar-refractivity contribution in [3.05, 3.63) is 34.0 Å². The zero-order valence-electron chi connectivity index (χ0n) is 10.7. The third kappa shape index (κ3) is 3.11. The minimum Gasteiger partial charge on any atom is -0.312 e. The van der Waals surface area contributed by atoms with E-state index in [1.165, 1.54) is 31.3 Å². The van der Waals surface area contributed by atoms with Crippen molar-refractivity contribution in [1.29, 1.82) is 0 Å². The second-order valence-corrected chi connectivity index (χ2v) is 4.84. The first-order valence-corrected chi connectivity index (χ1v) is 6.76. The summed E-state index contributed by atoms with van der Waals surface area (Å²) in [6.45, 7) is 3.02. The molecule has 0 saturated heterocycles. The lowest BCUT2D eigenvalue weighted by Crippen LogP contribution is -2.19. The highest BCUT2D eigenvalue weighted by molar-refractivity contribution is 5.08. The van der Waals surface area contributed by atoms with Crippen LogP contribution >= 0.6 is 0 Å². The van der Waals surface area contributed by atoms with Crippen LogP contribution in [0.5, 0.6) is 0 Å². The molecule has 2 rings (SSSR count). The highest BCUT2D eigenvalue weighted by atomic mass is 16.1. The number of aromatic amines is 1. The Balaban J connectivity index is 1.98. The zero-order valence-corrected chi connectivity index (χ0v) is 10.7. The number of nitrogens with one attached hydrogen (secondary N) is 1. The summed E-state index contributed by atoms with van der Waals surface area (Å²) < 4.78 is 1.91. The lowest BCUT2D eigenvalue weighted by atomic mass is 10.1. The van der Waals surface area contributed by atoms with Crippen LogP contribution in [0.2, 0.25) is 0 Å². The number of imidazole rings is 1. The third-order valence-corrected chi connectivity index (χ3v) is 3.53. The normalized spacial score (nSPS) is 15.2. The SMILES string of the molecule is CCCCc1c[nH]c(=O)n1CCC1=CCCC1. The zero-order chi connectivity index (χ0) is 12.1. The lowest BCUT2D eigenvalue weighted by molar-refractivity contribution is 0.616. The maximum absolute atomic E-state index is 11.7. The number of aryl methyl sites for hydroxylation is 1. The van der Waals surface area contributed by atoms with E-state index in [9.17, 15) is 4.79 Å². The molecule has 0 aromatic carbocycles. The van der Waals surface area contributed by atoms with Gasteiger partial charge in [-0.3, -0.25) is 4.57 Å². The Morgan fingerprint density at radius 2 is 2.29 bits per heavy atom. The molecule has 0 aliphatic heterocycles. The molecular formula is C14H22N2O. The molecule has 1 N–H and O–H groups in total. The van der Waals surface area contributed by atoms with Gasteiger partial charge in [-0.25, -0.2) is 4.79 Å². The summed E-state index contributed by atoms with van der Waals surface area (Å²) >= 11 is 0. The van der Waals surface area contributed by atoms with Crippen LogP contribution in [0.25, 0.3) is 0 Å². The Bertz CT molecular complexity index is 439. The smallest absolute Gasteiger partial charge is 0.312 e. The minimum atomic E-state index is 0.0506. The number of allylic oxidation sites excluding steroid dienone is 2. The molecule has 17 heavy (non-hydrogen) atoms. The molecule has 0 spiro atoms. The maximum Gasteiger partial charge on any atom is 0.325 e. The molecule has 94 valence electrons. The summed E-state index contributed by atoms with van der Waals surface area (Å²) in [6.07, 6.45) is 12.3. The van der Waals surface area contributed by atoms with Gasteiger partial charge in [-0.05, 0) is 38.5 Å². The van der Waals surface area contributed by atoms with Crippen molar-refractivity contribution in [2.75, 3.05) is 0 Å². The highest BCUT2D eigenvalue weighted by Crippen LogP contribution is 2.21. The van der Waals surface area contributed by atoms with Gasteiger partial charge in [0.1, 0.15) is 0 Å². The van der Waals surface area contributed by atoms with Gasteiger partial charge in [0.25, 0.3) is 0 Å². The van der Waals surface area contributed by atoms with E-state index in [1.807, 2.05) is 10.8 Å². The van der Waals surface area contributed by atoms with Crippen LogP contribution in [0.4, 0.5) is 0 Å². The third-order valence-electron chi connectivity index (χ3n) is 3.53. The van der Waals surface area contributed by atoms with Crippen LogP contribution in [0.3, 0.4) is 0 Å². The number of nitrogens with zero attached hydrogens (tertiary/aromatic N) is 1. The van der Waals surface area contributed by atoms with E-state index in [4.69, 9.17) is 0 Å². The second kappa shape index (κ2) is 5.89. The number of aromatic nitrogens is 2. The van der Waals surface area contributed by atoms with Crippen LogP contribution in [0, 0.1) is 0 Å². The molecule has 3 nitrogen and oxygen atoms in total. The average Bonchev–Trinajstić information content (AvgIpc) is 2.94. The van der Waals surface area contributed by atoms with Crippen molar-refractivity contribution < 1.29 is 0 Å². The molecular weight excluding hydrogens is 212 g/mol. The van der Waals surface area contributed by atoms with E-state index in [-0.39, 0.29) is 5.69 Å². The molecule has 0 fully saturated rings. The first-order valence-electron chi connectivity index (χ1n) is 6.76. The van der Waals surface area contributed by atoms with Gasteiger partial charge in [-0.15, -0.1) is 0 Å². The quantitative estimate of drug-likeness (QED) is 0.755. The average molecular weight is 234 g/mol. The summed E-state index contributed by atoms with van der Waals surface area (Å²) in [5.41, 5.74) is 2.74. The summed E-state index contributed by atoms with van der Waals surface area (Å²) in [4.78, 5) is 14.5. The summed E-state index contributed by atoms with van der Waals surface area (Å²) in [6, 6.07) is 0. The van der Waals surface area contributed by atoms with E-state index in [0.717, 1.165) is 31.5 Å². The van der Waals surface area contributed by atoms with Crippen molar-refractivity contribution >= 4 is 0 Å². The predicted octanol–water partition coefficient (Wildman–Crippen LogP) is 3.02. The van der Waals surface area contributed by atoms with Crippen molar-refractivity contribution in [3.63, 3.8) is 0 Å². The number of hydrogen-bond acceptors (Lipinski definition) is 1. The van der Waals surface area contributed by atoms with Crippen molar-refractivity contribution in [3.8, 4) is 0 Å².